The molecule has 2 saturated heterocycles. The second-order valence-electron chi connectivity index (χ2n) is 8.66. The number of anilines is 1. The van der Waals surface area contributed by atoms with Crippen LogP contribution in [0.4, 0.5) is 10.5 Å². The van der Waals surface area contributed by atoms with Gasteiger partial charge in [-0.15, -0.1) is 0 Å². The monoisotopic (exact) mass is 447 g/mol. The molecule has 1 atom stereocenters. The van der Waals surface area contributed by atoms with E-state index in [9.17, 15) is 19.2 Å². The molecule has 11 nitrogen and oxygen atoms in total. The van der Waals surface area contributed by atoms with Gasteiger partial charge < -0.3 is 24.6 Å². The summed E-state index contributed by atoms with van der Waals surface area (Å²) in [4.78, 5) is 55.9. The van der Waals surface area contributed by atoms with Gasteiger partial charge in [-0.25, -0.2) is 9.78 Å². The molecule has 0 radical (unpaired) electrons. The lowest BCUT2D eigenvalue weighted by Gasteiger charge is -2.37. The lowest BCUT2D eigenvalue weighted by molar-refractivity contribution is -0.134. The molecular formula is C21H29N5O6. The Morgan fingerprint density at radius 1 is 1.16 bits per heavy atom. The van der Waals surface area contributed by atoms with Crippen LogP contribution < -0.4 is 20.3 Å². The number of nitrogens with zero attached hydrogens (tertiary/aromatic N) is 3. The molecule has 2 aliphatic rings. The zero-order valence-electron chi connectivity index (χ0n) is 18.8. The summed E-state index contributed by atoms with van der Waals surface area (Å²) in [6.07, 6.45) is 0.0672. The van der Waals surface area contributed by atoms with E-state index in [1.807, 2.05) is 25.7 Å². The molecule has 0 aliphatic carbocycles. The fraction of sp³-hybridized carbons (Fsp3) is 0.571. The summed E-state index contributed by atoms with van der Waals surface area (Å²) in [5.74, 6) is -1.14. The minimum absolute atomic E-state index is 0.0997. The number of hydrogen-bond donors (Lipinski definition) is 2. The zero-order valence-corrected chi connectivity index (χ0v) is 18.8. The number of rotatable bonds is 4. The van der Waals surface area contributed by atoms with Crippen LogP contribution in [0.1, 0.15) is 44.1 Å². The molecule has 3 heterocycles. The van der Waals surface area contributed by atoms with Crippen molar-refractivity contribution in [2.24, 2.45) is 0 Å². The molecule has 0 spiro atoms. The second-order valence-corrected chi connectivity index (χ2v) is 8.66. The number of methoxy groups -OCH3 is 1. The van der Waals surface area contributed by atoms with Gasteiger partial charge in [0, 0.05) is 32.6 Å². The van der Waals surface area contributed by atoms with Gasteiger partial charge in [-0.2, -0.15) is 0 Å². The lowest BCUT2D eigenvalue weighted by Crippen LogP contribution is -2.52. The Hall–Kier alpha value is -3.37. The van der Waals surface area contributed by atoms with Gasteiger partial charge in [-0.3, -0.25) is 19.7 Å². The smallest absolute Gasteiger partial charge is 0.410 e. The third-order valence-electron chi connectivity index (χ3n) is 5.08. The highest BCUT2D eigenvalue weighted by atomic mass is 16.6. The van der Waals surface area contributed by atoms with E-state index >= 15 is 0 Å². The number of carbonyl (C=O) groups is 4. The van der Waals surface area contributed by atoms with Crippen molar-refractivity contribution in [1.29, 1.82) is 0 Å². The van der Waals surface area contributed by atoms with E-state index in [4.69, 9.17) is 9.47 Å². The molecule has 2 aliphatic heterocycles. The standard InChI is InChI=1S/C21H29N5O6/c1-21(2,3)32-20(30)26-11-9-25(10-12-26)15-7-5-14(23-19(15)31-4)17(28)22-13-6-8-16(27)24-18(13)29/h5,7,13H,6,8-12H2,1-4H3,(H,22,28)(H,24,27,29)/t13-/m0/s1. The average Bonchev–Trinajstić information content (AvgIpc) is 2.74. The zero-order chi connectivity index (χ0) is 23.5. The van der Waals surface area contributed by atoms with E-state index in [1.54, 1.807) is 17.0 Å². The van der Waals surface area contributed by atoms with Crippen molar-refractivity contribution < 1.29 is 28.7 Å². The van der Waals surface area contributed by atoms with Crippen molar-refractivity contribution >= 4 is 29.5 Å². The van der Waals surface area contributed by atoms with Crippen molar-refractivity contribution in [3.63, 3.8) is 0 Å². The molecule has 32 heavy (non-hydrogen) atoms. The maximum Gasteiger partial charge on any atom is 0.410 e. The molecule has 0 unspecified atom stereocenters. The quantitative estimate of drug-likeness (QED) is 0.645. The highest BCUT2D eigenvalue weighted by Crippen LogP contribution is 2.27. The molecular weight excluding hydrogens is 418 g/mol. The molecule has 0 bridgehead atoms. The summed E-state index contributed by atoms with van der Waals surface area (Å²) in [6.45, 7) is 7.56. The van der Waals surface area contributed by atoms with Gasteiger partial charge >= 0.3 is 6.09 Å². The summed E-state index contributed by atoms with van der Waals surface area (Å²) < 4.78 is 10.8. The van der Waals surface area contributed by atoms with Crippen molar-refractivity contribution in [3.05, 3.63) is 17.8 Å². The normalized spacial score (nSPS) is 19.3. The van der Waals surface area contributed by atoms with E-state index < -0.39 is 23.5 Å². The maximum absolute atomic E-state index is 12.6. The van der Waals surface area contributed by atoms with Gasteiger partial charge in [0.25, 0.3) is 5.91 Å². The number of aromatic nitrogens is 1. The molecule has 1 aromatic heterocycles. The van der Waals surface area contributed by atoms with Gasteiger partial charge in [0.1, 0.15) is 23.0 Å². The minimum Gasteiger partial charge on any atom is -0.480 e. The van der Waals surface area contributed by atoms with Crippen LogP contribution in [0.3, 0.4) is 0 Å². The fourth-order valence-electron chi connectivity index (χ4n) is 3.47. The molecule has 2 fully saturated rings. The first-order chi connectivity index (χ1) is 15.1. The molecule has 4 amide bonds. The maximum atomic E-state index is 12.6. The average molecular weight is 447 g/mol. The number of carbonyl (C=O) groups excluding carboxylic acids is 4. The molecule has 3 rings (SSSR count). The highest BCUT2D eigenvalue weighted by Gasteiger charge is 2.30. The third-order valence-corrected chi connectivity index (χ3v) is 5.08. The minimum atomic E-state index is -0.784. The number of piperidine rings is 1. The Morgan fingerprint density at radius 2 is 1.84 bits per heavy atom. The number of piperazine rings is 1. The Bertz CT molecular complexity index is 904. The van der Waals surface area contributed by atoms with Gasteiger partial charge in [-0.1, -0.05) is 0 Å². The lowest BCUT2D eigenvalue weighted by atomic mass is 10.1. The molecule has 0 saturated carbocycles. The first kappa shape index (κ1) is 23.3. The van der Waals surface area contributed by atoms with Crippen LogP contribution in [-0.4, -0.2) is 78.6 Å². The number of pyridine rings is 1. The van der Waals surface area contributed by atoms with Crippen molar-refractivity contribution in [2.45, 2.75) is 45.3 Å². The summed E-state index contributed by atoms with van der Waals surface area (Å²) >= 11 is 0. The molecule has 1 aromatic rings. The van der Waals surface area contributed by atoms with E-state index in [2.05, 4.69) is 15.6 Å². The van der Waals surface area contributed by atoms with Gasteiger partial charge in [0.2, 0.25) is 17.7 Å². The Labute approximate surface area is 186 Å². The predicted molar refractivity (Wildman–Crippen MR) is 114 cm³/mol. The van der Waals surface area contributed by atoms with Crippen molar-refractivity contribution in [2.75, 3.05) is 38.2 Å². The topological polar surface area (TPSA) is 130 Å². The van der Waals surface area contributed by atoms with E-state index in [0.717, 1.165) is 0 Å². The molecule has 0 aromatic carbocycles. The van der Waals surface area contributed by atoms with Crippen LogP contribution in [0.25, 0.3) is 0 Å². The van der Waals surface area contributed by atoms with Crippen LogP contribution >= 0.6 is 0 Å². The van der Waals surface area contributed by atoms with Gasteiger partial charge in [0.05, 0.1) is 7.11 Å². The summed E-state index contributed by atoms with van der Waals surface area (Å²) in [7, 11) is 1.46. The predicted octanol–water partition coefficient (Wildman–Crippen LogP) is 0.682. The summed E-state index contributed by atoms with van der Waals surface area (Å²) in [5, 5.41) is 4.80. The summed E-state index contributed by atoms with van der Waals surface area (Å²) in [5.41, 5.74) is 0.252. The van der Waals surface area contributed by atoms with Gasteiger partial charge in [0.15, 0.2) is 0 Å². The van der Waals surface area contributed by atoms with Crippen molar-refractivity contribution in [3.8, 4) is 5.88 Å². The number of nitrogens with one attached hydrogen (secondary N) is 2. The van der Waals surface area contributed by atoms with Crippen molar-refractivity contribution in [1.82, 2.24) is 20.5 Å². The molecule has 2 N–H and O–H groups in total. The Morgan fingerprint density at radius 3 is 2.44 bits per heavy atom. The SMILES string of the molecule is COc1nc(C(=O)N[C@H]2CCC(=O)NC2=O)ccc1N1CCN(C(=O)OC(C)(C)C)CC1. The first-order valence-electron chi connectivity index (χ1n) is 10.5. The first-order valence-corrected chi connectivity index (χ1v) is 10.5. The van der Waals surface area contributed by atoms with E-state index in [0.29, 0.717) is 31.9 Å². The van der Waals surface area contributed by atoms with E-state index in [1.165, 1.54) is 7.11 Å². The second kappa shape index (κ2) is 9.41. The number of hydrogen-bond acceptors (Lipinski definition) is 8. The fourth-order valence-corrected chi connectivity index (χ4v) is 3.47. The number of imide groups is 1. The van der Waals surface area contributed by atoms with Crippen LogP contribution in [-0.2, 0) is 14.3 Å². The molecule has 174 valence electrons. The number of ether oxygens (including phenoxy) is 2. The third kappa shape index (κ3) is 5.65. The van der Waals surface area contributed by atoms with Crippen LogP contribution in [0.5, 0.6) is 5.88 Å². The van der Waals surface area contributed by atoms with Crippen LogP contribution in [0.15, 0.2) is 12.1 Å². The largest absolute Gasteiger partial charge is 0.480 e. The van der Waals surface area contributed by atoms with Crippen LogP contribution in [0.2, 0.25) is 0 Å². The van der Waals surface area contributed by atoms with E-state index in [-0.39, 0.29) is 36.4 Å². The van der Waals surface area contributed by atoms with Crippen LogP contribution in [0, 0.1) is 0 Å². The molecule has 11 heteroatoms. The Balaban J connectivity index is 1.63. The summed E-state index contributed by atoms with van der Waals surface area (Å²) in [6, 6.07) is 2.50. The number of amides is 4. The Kier molecular flexibility index (Phi) is 6.85. The highest BCUT2D eigenvalue weighted by molar-refractivity contribution is 6.03. The van der Waals surface area contributed by atoms with Gasteiger partial charge in [-0.05, 0) is 39.3 Å².